The van der Waals surface area contributed by atoms with Gasteiger partial charge < -0.3 is 19.5 Å². The minimum atomic E-state index is 0.290. The summed E-state index contributed by atoms with van der Waals surface area (Å²) in [5.74, 6) is 0.603. The van der Waals surface area contributed by atoms with Crippen LogP contribution in [0.25, 0.3) is 10.8 Å². The third-order valence-corrected chi connectivity index (χ3v) is 7.30. The Morgan fingerprint density at radius 2 is 1.77 bits per heavy atom. The molecule has 0 radical (unpaired) electrons. The number of aromatic nitrogens is 1. The number of piperazine rings is 2. The molecule has 5 rings (SSSR count). The fourth-order valence-electron chi connectivity index (χ4n) is 5.06. The molecular formula is C23H33N5O2. The van der Waals surface area contributed by atoms with Crippen LogP contribution in [-0.2, 0) is 11.8 Å². The van der Waals surface area contributed by atoms with E-state index in [0.29, 0.717) is 12.4 Å². The smallest absolute Gasteiger partial charge is 0.236 e. The van der Waals surface area contributed by atoms with Crippen LogP contribution in [0.5, 0.6) is 5.88 Å². The lowest BCUT2D eigenvalue weighted by atomic mass is 9.91. The third kappa shape index (κ3) is 3.76. The lowest BCUT2D eigenvalue weighted by molar-refractivity contribution is -0.134. The third-order valence-electron chi connectivity index (χ3n) is 7.30. The maximum absolute atomic E-state index is 12.8. The highest BCUT2D eigenvalue weighted by Gasteiger charge is 2.30. The number of rotatable bonds is 4. The van der Waals surface area contributed by atoms with Gasteiger partial charge in [0.2, 0.25) is 5.91 Å². The largest absolute Gasteiger partial charge is 0.494 e. The summed E-state index contributed by atoms with van der Waals surface area (Å²) in [6.45, 7) is 8.07. The van der Waals surface area contributed by atoms with Crippen molar-refractivity contribution in [3.8, 4) is 5.88 Å². The van der Waals surface area contributed by atoms with Crippen LogP contribution in [0.2, 0.25) is 0 Å². The molecular weight excluding hydrogens is 378 g/mol. The maximum atomic E-state index is 12.8. The summed E-state index contributed by atoms with van der Waals surface area (Å²) in [5.41, 5.74) is 1.19. The summed E-state index contributed by atoms with van der Waals surface area (Å²) in [5, 5.41) is 12.0. The fourth-order valence-corrected chi connectivity index (χ4v) is 5.06. The van der Waals surface area contributed by atoms with Crippen molar-refractivity contribution < 1.29 is 9.90 Å². The second kappa shape index (κ2) is 8.12. The minimum absolute atomic E-state index is 0.290. The van der Waals surface area contributed by atoms with Gasteiger partial charge in [-0.3, -0.25) is 14.6 Å². The number of anilines is 1. The van der Waals surface area contributed by atoms with E-state index in [4.69, 9.17) is 0 Å². The molecule has 1 aromatic heterocycles. The normalized spacial score (nSPS) is 21.9. The summed E-state index contributed by atoms with van der Waals surface area (Å²) >= 11 is 0. The van der Waals surface area contributed by atoms with Crippen molar-refractivity contribution in [1.29, 1.82) is 0 Å². The minimum Gasteiger partial charge on any atom is -0.494 e. The summed E-state index contributed by atoms with van der Waals surface area (Å²) in [6, 6.07) is 7.02. The van der Waals surface area contributed by atoms with Gasteiger partial charge in [0.05, 0.1) is 6.54 Å². The Bertz CT molecular complexity index is 906. The molecule has 1 amide bonds. The number of benzene rings is 1. The number of fused-ring (bicyclic) bond motifs is 1. The molecule has 30 heavy (non-hydrogen) atoms. The average Bonchev–Trinajstić information content (AvgIpc) is 3.01. The van der Waals surface area contributed by atoms with E-state index in [0.717, 1.165) is 69.2 Å². The predicted octanol–water partition coefficient (Wildman–Crippen LogP) is 1.70. The first kappa shape index (κ1) is 19.7. The molecule has 7 heteroatoms. The number of carbonyl (C=O) groups is 1. The molecule has 2 saturated heterocycles. The van der Waals surface area contributed by atoms with Crippen LogP contribution in [-0.4, -0.2) is 95.2 Å². The number of carbonyl (C=O) groups excluding carboxylic acids is 1. The van der Waals surface area contributed by atoms with Gasteiger partial charge >= 0.3 is 0 Å². The Morgan fingerprint density at radius 3 is 2.43 bits per heavy atom. The molecule has 2 aromatic rings. The van der Waals surface area contributed by atoms with Crippen molar-refractivity contribution in [2.75, 3.05) is 63.8 Å². The molecule has 1 aromatic carbocycles. The van der Waals surface area contributed by atoms with Crippen LogP contribution >= 0.6 is 0 Å². The Hall–Kier alpha value is -2.25. The molecule has 1 saturated carbocycles. The van der Waals surface area contributed by atoms with E-state index in [1.54, 1.807) is 4.57 Å². The molecule has 0 spiro atoms. The SMILES string of the molecule is Cn1cc2cc(N3CCN(CC(=O)N4CCN(C5CCC5)CC4)CC3)ccc2c1O. The van der Waals surface area contributed by atoms with Crippen molar-refractivity contribution in [1.82, 2.24) is 19.3 Å². The first-order chi connectivity index (χ1) is 14.6. The lowest BCUT2D eigenvalue weighted by Crippen LogP contribution is -2.56. The Kier molecular flexibility index (Phi) is 5.33. The van der Waals surface area contributed by atoms with Crippen molar-refractivity contribution in [2.45, 2.75) is 25.3 Å². The van der Waals surface area contributed by atoms with Gasteiger partial charge in [0.1, 0.15) is 0 Å². The van der Waals surface area contributed by atoms with E-state index in [-0.39, 0.29) is 5.91 Å². The van der Waals surface area contributed by atoms with Gasteiger partial charge in [0, 0.05) is 88.1 Å². The van der Waals surface area contributed by atoms with Crippen LogP contribution in [0.3, 0.4) is 0 Å². The van der Waals surface area contributed by atoms with Crippen LogP contribution < -0.4 is 4.90 Å². The number of hydrogen-bond donors (Lipinski definition) is 1. The quantitative estimate of drug-likeness (QED) is 0.830. The number of aryl methyl sites for hydroxylation is 1. The Morgan fingerprint density at radius 1 is 1.03 bits per heavy atom. The maximum Gasteiger partial charge on any atom is 0.236 e. The van der Waals surface area contributed by atoms with E-state index in [2.05, 4.69) is 31.7 Å². The van der Waals surface area contributed by atoms with E-state index in [1.807, 2.05) is 19.3 Å². The molecule has 0 unspecified atom stereocenters. The van der Waals surface area contributed by atoms with Crippen molar-refractivity contribution >= 4 is 22.4 Å². The molecule has 1 N–H and O–H groups in total. The van der Waals surface area contributed by atoms with E-state index < -0.39 is 0 Å². The van der Waals surface area contributed by atoms with Crippen molar-refractivity contribution in [3.05, 3.63) is 24.4 Å². The topological polar surface area (TPSA) is 55.2 Å². The zero-order valence-corrected chi connectivity index (χ0v) is 18.0. The number of amides is 1. The average molecular weight is 412 g/mol. The number of aromatic hydroxyl groups is 1. The second-order valence-electron chi connectivity index (χ2n) is 9.10. The predicted molar refractivity (Wildman–Crippen MR) is 119 cm³/mol. The summed E-state index contributed by atoms with van der Waals surface area (Å²) < 4.78 is 1.75. The van der Waals surface area contributed by atoms with Gasteiger partial charge in [0.25, 0.3) is 0 Å². The lowest BCUT2D eigenvalue weighted by Gasteiger charge is -2.43. The zero-order valence-electron chi connectivity index (χ0n) is 18.0. The number of hydrogen-bond acceptors (Lipinski definition) is 5. The molecule has 3 fully saturated rings. The van der Waals surface area contributed by atoms with Crippen LogP contribution in [0.15, 0.2) is 24.4 Å². The van der Waals surface area contributed by atoms with Gasteiger partial charge in [-0.2, -0.15) is 0 Å². The van der Waals surface area contributed by atoms with Gasteiger partial charge in [0.15, 0.2) is 5.88 Å². The highest BCUT2D eigenvalue weighted by Crippen LogP contribution is 2.30. The summed E-state index contributed by atoms with van der Waals surface area (Å²) in [6.07, 6.45) is 6.03. The Labute approximate surface area is 178 Å². The van der Waals surface area contributed by atoms with Gasteiger partial charge in [-0.15, -0.1) is 0 Å². The van der Waals surface area contributed by atoms with Crippen molar-refractivity contribution in [2.24, 2.45) is 7.05 Å². The summed E-state index contributed by atoms with van der Waals surface area (Å²) in [4.78, 5) is 22.1. The second-order valence-corrected chi connectivity index (χ2v) is 9.10. The van der Waals surface area contributed by atoms with E-state index >= 15 is 0 Å². The van der Waals surface area contributed by atoms with Crippen LogP contribution in [0.4, 0.5) is 5.69 Å². The molecule has 3 heterocycles. The monoisotopic (exact) mass is 411 g/mol. The van der Waals surface area contributed by atoms with Gasteiger partial charge in [-0.05, 0) is 31.0 Å². The molecule has 0 bridgehead atoms. The highest BCUT2D eigenvalue weighted by molar-refractivity contribution is 5.90. The molecule has 162 valence electrons. The fraction of sp³-hybridized carbons (Fsp3) is 0.609. The highest BCUT2D eigenvalue weighted by atomic mass is 16.3. The first-order valence-corrected chi connectivity index (χ1v) is 11.4. The summed E-state index contributed by atoms with van der Waals surface area (Å²) in [7, 11) is 1.86. The van der Waals surface area contributed by atoms with Crippen LogP contribution in [0.1, 0.15) is 19.3 Å². The molecule has 1 aliphatic carbocycles. The van der Waals surface area contributed by atoms with Crippen molar-refractivity contribution in [3.63, 3.8) is 0 Å². The number of nitrogens with zero attached hydrogens (tertiary/aromatic N) is 5. The van der Waals surface area contributed by atoms with Gasteiger partial charge in [-0.25, -0.2) is 0 Å². The van der Waals surface area contributed by atoms with E-state index in [9.17, 15) is 9.90 Å². The molecule has 0 atom stereocenters. The van der Waals surface area contributed by atoms with Gasteiger partial charge in [-0.1, -0.05) is 6.42 Å². The standard InChI is InChI=1S/C23H33N5O2/c1-24-16-18-15-20(5-6-21(18)23(24)30)27-9-7-25(8-10-27)17-22(29)28-13-11-26(12-14-28)19-3-2-4-19/h5-6,15-16,19,30H,2-4,7-14,17H2,1H3. The molecule has 2 aliphatic heterocycles. The molecule has 7 nitrogen and oxygen atoms in total. The van der Waals surface area contributed by atoms with Crippen LogP contribution in [0, 0.1) is 0 Å². The molecule has 3 aliphatic rings. The Balaban J connectivity index is 1.11. The van der Waals surface area contributed by atoms with E-state index in [1.165, 1.54) is 24.9 Å². The first-order valence-electron chi connectivity index (χ1n) is 11.4. The zero-order chi connectivity index (χ0) is 20.7.